The maximum atomic E-state index is 9.94. The first-order valence-electron chi connectivity index (χ1n) is 6.41. The molecule has 0 saturated carbocycles. The highest BCUT2D eigenvalue weighted by Crippen LogP contribution is 2.12. The molecule has 2 nitrogen and oxygen atoms in total. The third-order valence-electron chi connectivity index (χ3n) is 3.75. The van der Waals surface area contributed by atoms with Gasteiger partial charge in [-0.1, -0.05) is 42.5 Å². The summed E-state index contributed by atoms with van der Waals surface area (Å²) in [6.07, 6.45) is 6.40. The summed E-state index contributed by atoms with van der Waals surface area (Å²) in [7, 11) is 0. The van der Waals surface area contributed by atoms with Crippen molar-refractivity contribution in [3.05, 3.63) is 63.3 Å². The van der Waals surface area contributed by atoms with Crippen molar-refractivity contribution in [3.63, 3.8) is 0 Å². The topological polar surface area (TPSA) is 23.5 Å². The van der Waals surface area contributed by atoms with E-state index in [9.17, 15) is 5.11 Å². The molecule has 0 atom stereocenters. The van der Waals surface area contributed by atoms with Crippen LogP contribution in [-0.4, -0.2) is 16.6 Å². The van der Waals surface area contributed by atoms with E-state index < -0.39 is 0 Å². The van der Waals surface area contributed by atoms with Gasteiger partial charge in [-0.15, -0.1) is 0 Å². The molecule has 0 saturated heterocycles. The molecule has 4 rings (SSSR count). The van der Waals surface area contributed by atoms with Gasteiger partial charge in [-0.05, 0) is 22.6 Å². The van der Waals surface area contributed by atoms with Crippen LogP contribution in [0.3, 0.4) is 0 Å². The normalized spacial score (nSPS) is 15.4. The van der Waals surface area contributed by atoms with E-state index in [4.69, 9.17) is 0 Å². The minimum Gasteiger partial charge on any atom is -0.507 e. The molecule has 0 unspecified atom stereocenters. The molecule has 2 aromatic carbocycles. The van der Waals surface area contributed by atoms with E-state index in [2.05, 4.69) is 41.3 Å². The third-order valence-corrected chi connectivity index (χ3v) is 3.75. The van der Waals surface area contributed by atoms with Crippen LogP contribution in [0.1, 0.15) is 0 Å². The molecular weight excluding hydrogens is 234 g/mol. The second-order valence-corrected chi connectivity index (χ2v) is 4.88. The summed E-state index contributed by atoms with van der Waals surface area (Å²) in [4.78, 5) is 2.18. The molecule has 0 amide bonds. The molecule has 0 bridgehead atoms. The predicted octanol–water partition coefficient (Wildman–Crippen LogP) is -0.171. The summed E-state index contributed by atoms with van der Waals surface area (Å²) in [5.74, 6) is 0.339. The van der Waals surface area contributed by atoms with Gasteiger partial charge in [-0.3, -0.25) is 0 Å². The van der Waals surface area contributed by atoms with Crippen molar-refractivity contribution < 1.29 is 5.11 Å². The second kappa shape index (κ2) is 3.75. The number of phenols is 1. The van der Waals surface area contributed by atoms with E-state index >= 15 is 0 Å². The van der Waals surface area contributed by atoms with Gasteiger partial charge in [0.2, 0.25) is 0 Å². The Morgan fingerprint density at radius 2 is 1.79 bits per heavy atom. The van der Waals surface area contributed by atoms with E-state index in [1.54, 1.807) is 6.07 Å². The average molecular weight is 247 g/mol. The fraction of sp³-hybridized carbons (Fsp3) is 0.0588. The van der Waals surface area contributed by atoms with Gasteiger partial charge in [0.15, 0.2) is 0 Å². The lowest BCUT2D eigenvalue weighted by Gasteiger charge is -2.26. The number of nitrogens with zero attached hydrogens (tertiary/aromatic N) is 1. The van der Waals surface area contributed by atoms with Crippen LogP contribution in [0.4, 0.5) is 0 Å². The van der Waals surface area contributed by atoms with Crippen LogP contribution >= 0.6 is 0 Å². The van der Waals surface area contributed by atoms with Gasteiger partial charge in [0.1, 0.15) is 5.75 Å². The lowest BCUT2D eigenvalue weighted by atomic mass is 10.1. The quantitative estimate of drug-likeness (QED) is 0.698. The van der Waals surface area contributed by atoms with E-state index in [-0.39, 0.29) is 0 Å². The van der Waals surface area contributed by atoms with Gasteiger partial charge in [0.05, 0.1) is 0 Å². The summed E-state index contributed by atoms with van der Waals surface area (Å²) in [6.45, 7) is 0.844. The maximum Gasteiger partial charge on any atom is 0.124 e. The number of rotatable bonds is 0. The Balaban J connectivity index is 2.16. The van der Waals surface area contributed by atoms with Crippen LogP contribution in [0.2, 0.25) is 0 Å². The van der Waals surface area contributed by atoms with Gasteiger partial charge in [0, 0.05) is 28.9 Å². The molecule has 2 heterocycles. The standard InChI is InChI=1S/C17H13NO/c19-17-7-3-5-13-10-16-14-6-2-1-4-12(14)8-9-18(16)11-15(13)17/h1-8,10-11,19H,9H2. The average Bonchev–Trinajstić information content (AvgIpc) is 2.46. The van der Waals surface area contributed by atoms with Gasteiger partial charge >= 0.3 is 0 Å². The molecule has 2 aromatic rings. The Morgan fingerprint density at radius 1 is 0.947 bits per heavy atom. The number of fused-ring (bicyclic) bond motifs is 3. The lowest BCUT2D eigenvalue weighted by molar-refractivity contribution is 0.468. The first-order valence-corrected chi connectivity index (χ1v) is 6.41. The number of benzene rings is 2. The van der Waals surface area contributed by atoms with Crippen molar-refractivity contribution in [2.24, 2.45) is 0 Å². The zero-order valence-corrected chi connectivity index (χ0v) is 10.4. The highest BCUT2D eigenvalue weighted by atomic mass is 16.3. The van der Waals surface area contributed by atoms with Gasteiger partial charge in [0.25, 0.3) is 0 Å². The predicted molar refractivity (Wildman–Crippen MR) is 76.6 cm³/mol. The molecule has 0 aliphatic carbocycles. The van der Waals surface area contributed by atoms with Crippen LogP contribution in [0.25, 0.3) is 24.0 Å². The summed E-state index contributed by atoms with van der Waals surface area (Å²) >= 11 is 0. The van der Waals surface area contributed by atoms with Crippen LogP contribution in [0, 0.1) is 0 Å². The number of aromatic hydroxyl groups is 1. The maximum absolute atomic E-state index is 9.94. The minimum absolute atomic E-state index is 0.339. The summed E-state index contributed by atoms with van der Waals surface area (Å²) in [6, 6.07) is 14.1. The van der Waals surface area contributed by atoms with Crippen molar-refractivity contribution in [2.75, 3.05) is 6.54 Å². The van der Waals surface area contributed by atoms with Gasteiger partial charge < -0.3 is 10.0 Å². The Morgan fingerprint density at radius 3 is 2.74 bits per heavy atom. The van der Waals surface area contributed by atoms with E-state index in [0.717, 1.165) is 17.0 Å². The molecule has 0 aromatic heterocycles. The van der Waals surface area contributed by atoms with Crippen LogP contribution in [0.5, 0.6) is 5.75 Å². The molecular formula is C17H13NO. The minimum atomic E-state index is 0.339. The van der Waals surface area contributed by atoms with Crippen molar-refractivity contribution in [2.45, 2.75) is 0 Å². The lowest BCUT2D eigenvalue weighted by Crippen LogP contribution is -2.42. The molecule has 0 spiro atoms. The Bertz CT molecular complexity index is 909. The number of hydrogen-bond donors (Lipinski definition) is 1. The first kappa shape index (κ1) is 10.4. The molecule has 1 N–H and O–H groups in total. The van der Waals surface area contributed by atoms with Crippen molar-refractivity contribution in [1.82, 2.24) is 4.90 Å². The smallest absolute Gasteiger partial charge is 0.124 e. The first-order chi connectivity index (χ1) is 9.33. The molecule has 0 radical (unpaired) electrons. The monoisotopic (exact) mass is 247 g/mol. The van der Waals surface area contributed by atoms with Gasteiger partial charge in [-0.25, -0.2) is 0 Å². The van der Waals surface area contributed by atoms with Crippen LogP contribution < -0.4 is 20.9 Å². The van der Waals surface area contributed by atoms with E-state index in [1.165, 1.54) is 16.1 Å². The van der Waals surface area contributed by atoms with Crippen molar-refractivity contribution in [3.8, 4) is 5.75 Å². The Kier molecular flexibility index (Phi) is 2.06. The van der Waals surface area contributed by atoms with Crippen LogP contribution in [-0.2, 0) is 0 Å². The third kappa shape index (κ3) is 1.50. The van der Waals surface area contributed by atoms with Crippen molar-refractivity contribution in [1.29, 1.82) is 0 Å². The Hall–Kier alpha value is -2.48. The highest BCUT2D eigenvalue weighted by molar-refractivity contribution is 5.81. The number of hydrogen-bond acceptors (Lipinski definition) is 2. The fourth-order valence-electron chi connectivity index (χ4n) is 2.78. The highest BCUT2D eigenvalue weighted by Gasteiger charge is 2.13. The van der Waals surface area contributed by atoms with Gasteiger partial charge in [-0.2, -0.15) is 0 Å². The molecule has 2 heteroatoms. The zero-order chi connectivity index (χ0) is 12.8. The molecule has 92 valence electrons. The summed E-state index contributed by atoms with van der Waals surface area (Å²) < 4.78 is 0. The SMILES string of the molecule is Oc1cccc2c1=CN1CC=c3ccccc3=C1C=2. The molecule has 2 aliphatic heterocycles. The molecule has 0 fully saturated rings. The Labute approximate surface area is 110 Å². The summed E-state index contributed by atoms with van der Waals surface area (Å²) in [5, 5.41) is 14.4. The molecule has 2 aliphatic rings. The molecule has 19 heavy (non-hydrogen) atoms. The largest absolute Gasteiger partial charge is 0.507 e. The second-order valence-electron chi connectivity index (χ2n) is 4.88. The van der Waals surface area contributed by atoms with Crippen molar-refractivity contribution >= 4 is 24.0 Å². The number of phenolic OH excluding ortho intramolecular Hbond substituents is 1. The zero-order valence-electron chi connectivity index (χ0n) is 10.4. The van der Waals surface area contributed by atoms with E-state index in [1.807, 2.05) is 18.3 Å². The van der Waals surface area contributed by atoms with Crippen LogP contribution in [0.15, 0.2) is 42.5 Å². The summed E-state index contributed by atoms with van der Waals surface area (Å²) in [5.41, 5.74) is 1.20. The van der Waals surface area contributed by atoms with E-state index in [0.29, 0.717) is 5.75 Å². The fourth-order valence-corrected chi connectivity index (χ4v) is 2.78.